The fourth-order valence-electron chi connectivity index (χ4n) is 1.10. The molecule has 0 spiro atoms. The zero-order chi connectivity index (χ0) is 13.9. The minimum Gasteiger partial charge on any atom is -0.479 e. The number of carboxylic acid groups (broad SMARTS) is 1. The first kappa shape index (κ1) is 13.8. The number of aliphatic hydroxyl groups excluding tert-OH is 2. The standard InChI is InChI=1S/C9H11N3O6/c1-18-9(17)4-7(10)11-2-3(12-4)5(13)6(14)8(15)16/h2,5-6,13-14H,1H3,(H2,10,11)(H,15,16). The Morgan fingerprint density at radius 3 is 2.56 bits per heavy atom. The number of carbonyl (C=O) groups is 2. The van der Waals surface area contributed by atoms with Crippen molar-refractivity contribution < 1.29 is 29.6 Å². The highest BCUT2D eigenvalue weighted by atomic mass is 16.5. The second kappa shape index (κ2) is 5.38. The van der Waals surface area contributed by atoms with E-state index in [0.29, 0.717) is 0 Å². The second-order valence-electron chi connectivity index (χ2n) is 3.25. The number of hydrogen-bond acceptors (Lipinski definition) is 8. The van der Waals surface area contributed by atoms with Crippen molar-refractivity contribution in [3.05, 3.63) is 17.6 Å². The van der Waals surface area contributed by atoms with Gasteiger partial charge in [0.25, 0.3) is 0 Å². The molecule has 0 aliphatic heterocycles. The van der Waals surface area contributed by atoms with E-state index >= 15 is 0 Å². The summed E-state index contributed by atoms with van der Waals surface area (Å²) in [5.41, 5.74) is 4.69. The lowest BCUT2D eigenvalue weighted by Gasteiger charge is -2.14. The molecule has 9 heteroatoms. The van der Waals surface area contributed by atoms with E-state index in [1.54, 1.807) is 0 Å². The smallest absolute Gasteiger partial charge is 0.360 e. The summed E-state index contributed by atoms with van der Waals surface area (Å²) in [7, 11) is 1.10. The number of anilines is 1. The van der Waals surface area contributed by atoms with Crippen LogP contribution in [0.2, 0.25) is 0 Å². The fourth-order valence-corrected chi connectivity index (χ4v) is 1.10. The summed E-state index contributed by atoms with van der Waals surface area (Å²) < 4.78 is 4.38. The van der Waals surface area contributed by atoms with Gasteiger partial charge in [-0.05, 0) is 0 Å². The maximum atomic E-state index is 11.2. The maximum absolute atomic E-state index is 11.2. The van der Waals surface area contributed by atoms with Gasteiger partial charge in [0.2, 0.25) is 0 Å². The number of methoxy groups -OCH3 is 1. The molecule has 2 unspecified atom stereocenters. The van der Waals surface area contributed by atoms with Crippen LogP contribution in [0.4, 0.5) is 5.82 Å². The van der Waals surface area contributed by atoms with Gasteiger partial charge in [0.05, 0.1) is 19.0 Å². The van der Waals surface area contributed by atoms with E-state index in [1.165, 1.54) is 0 Å². The molecule has 0 radical (unpaired) electrons. The van der Waals surface area contributed by atoms with E-state index < -0.39 is 24.1 Å². The molecule has 0 aliphatic carbocycles. The number of aliphatic carboxylic acids is 1. The van der Waals surface area contributed by atoms with E-state index in [-0.39, 0.29) is 17.2 Å². The second-order valence-corrected chi connectivity index (χ2v) is 3.25. The third-order valence-electron chi connectivity index (χ3n) is 2.05. The summed E-state index contributed by atoms with van der Waals surface area (Å²) in [5, 5.41) is 27.2. The van der Waals surface area contributed by atoms with Crippen LogP contribution in [0.15, 0.2) is 6.20 Å². The summed E-state index contributed by atoms with van der Waals surface area (Å²) >= 11 is 0. The summed E-state index contributed by atoms with van der Waals surface area (Å²) in [4.78, 5) is 28.9. The van der Waals surface area contributed by atoms with Crippen LogP contribution >= 0.6 is 0 Å². The third-order valence-corrected chi connectivity index (χ3v) is 2.05. The zero-order valence-electron chi connectivity index (χ0n) is 9.27. The van der Waals surface area contributed by atoms with Gasteiger partial charge < -0.3 is 25.8 Å². The van der Waals surface area contributed by atoms with Gasteiger partial charge >= 0.3 is 11.9 Å². The summed E-state index contributed by atoms with van der Waals surface area (Å²) in [6.07, 6.45) is -2.97. The number of aliphatic hydroxyl groups is 2. The van der Waals surface area contributed by atoms with E-state index in [9.17, 15) is 14.7 Å². The van der Waals surface area contributed by atoms with E-state index in [1.807, 2.05) is 0 Å². The molecule has 0 aliphatic rings. The fraction of sp³-hybridized carbons (Fsp3) is 0.333. The van der Waals surface area contributed by atoms with E-state index in [4.69, 9.17) is 15.9 Å². The van der Waals surface area contributed by atoms with Crippen LogP contribution in [-0.2, 0) is 9.53 Å². The Kier molecular flexibility index (Phi) is 4.13. The molecule has 2 atom stereocenters. The quantitative estimate of drug-likeness (QED) is 0.462. The van der Waals surface area contributed by atoms with Gasteiger partial charge in [-0.15, -0.1) is 0 Å². The molecule has 0 saturated heterocycles. The number of nitrogen functional groups attached to an aromatic ring is 1. The van der Waals surface area contributed by atoms with Crippen LogP contribution in [0.25, 0.3) is 0 Å². The minimum absolute atomic E-state index is 0.234. The lowest BCUT2D eigenvalue weighted by Crippen LogP contribution is -2.28. The van der Waals surface area contributed by atoms with Crippen molar-refractivity contribution in [2.45, 2.75) is 12.2 Å². The number of ether oxygens (including phenoxy) is 1. The van der Waals surface area contributed by atoms with Crippen molar-refractivity contribution in [3.63, 3.8) is 0 Å². The number of hydrogen-bond donors (Lipinski definition) is 4. The van der Waals surface area contributed by atoms with Crippen LogP contribution in [0.1, 0.15) is 22.3 Å². The Bertz CT molecular complexity index is 477. The molecule has 0 amide bonds. The van der Waals surface area contributed by atoms with Crippen molar-refractivity contribution >= 4 is 17.8 Å². The van der Waals surface area contributed by atoms with Gasteiger partial charge in [0.15, 0.2) is 17.6 Å². The van der Waals surface area contributed by atoms with Gasteiger partial charge in [0, 0.05) is 0 Å². The van der Waals surface area contributed by atoms with Crippen LogP contribution in [-0.4, -0.2) is 50.4 Å². The largest absolute Gasteiger partial charge is 0.479 e. The minimum atomic E-state index is -2.09. The molecule has 0 bridgehead atoms. The summed E-state index contributed by atoms with van der Waals surface area (Å²) in [6.45, 7) is 0. The van der Waals surface area contributed by atoms with Crippen LogP contribution < -0.4 is 5.73 Å². The number of nitrogens with zero attached hydrogens (tertiary/aromatic N) is 2. The molecule has 9 nitrogen and oxygen atoms in total. The van der Waals surface area contributed by atoms with Crippen LogP contribution in [0.3, 0.4) is 0 Å². The SMILES string of the molecule is COC(=O)c1nc(C(O)C(O)C(=O)O)cnc1N. The monoisotopic (exact) mass is 257 g/mol. The molecule has 0 fully saturated rings. The average molecular weight is 257 g/mol. The van der Waals surface area contributed by atoms with Crippen LogP contribution in [0, 0.1) is 0 Å². The Morgan fingerprint density at radius 1 is 1.44 bits per heavy atom. The van der Waals surface area contributed by atoms with Gasteiger partial charge in [-0.1, -0.05) is 0 Å². The average Bonchev–Trinajstić information content (AvgIpc) is 2.36. The number of carbonyl (C=O) groups excluding carboxylic acids is 1. The first-order valence-corrected chi connectivity index (χ1v) is 4.68. The van der Waals surface area contributed by atoms with Crippen molar-refractivity contribution in [3.8, 4) is 0 Å². The highest BCUT2D eigenvalue weighted by Gasteiger charge is 2.28. The Labute approximate surface area is 101 Å². The normalized spacial score (nSPS) is 13.7. The van der Waals surface area contributed by atoms with Crippen molar-refractivity contribution in [2.24, 2.45) is 0 Å². The first-order chi connectivity index (χ1) is 8.38. The highest BCUT2D eigenvalue weighted by Crippen LogP contribution is 2.17. The molecule has 98 valence electrons. The number of aromatic nitrogens is 2. The maximum Gasteiger partial charge on any atom is 0.360 e. The van der Waals surface area contributed by atoms with Gasteiger partial charge in [-0.2, -0.15) is 0 Å². The topological polar surface area (TPSA) is 156 Å². The highest BCUT2D eigenvalue weighted by molar-refractivity contribution is 5.91. The molecule has 0 aromatic carbocycles. The molecule has 1 heterocycles. The van der Waals surface area contributed by atoms with Gasteiger partial charge in [0.1, 0.15) is 6.10 Å². The van der Waals surface area contributed by atoms with E-state index in [0.717, 1.165) is 13.3 Å². The lowest BCUT2D eigenvalue weighted by molar-refractivity contribution is -0.153. The Hall–Kier alpha value is -2.26. The Balaban J connectivity index is 3.12. The molecule has 18 heavy (non-hydrogen) atoms. The number of carboxylic acids is 1. The molecule has 0 saturated carbocycles. The van der Waals surface area contributed by atoms with Crippen molar-refractivity contribution in [1.82, 2.24) is 9.97 Å². The predicted octanol–water partition coefficient (Wildman–Crippen LogP) is -1.68. The van der Waals surface area contributed by atoms with Gasteiger partial charge in [-0.3, -0.25) is 0 Å². The first-order valence-electron chi connectivity index (χ1n) is 4.68. The predicted molar refractivity (Wildman–Crippen MR) is 56.4 cm³/mol. The zero-order valence-corrected chi connectivity index (χ0v) is 9.27. The molecule has 5 N–H and O–H groups in total. The molecular weight excluding hydrogens is 246 g/mol. The number of nitrogens with two attached hydrogens (primary N) is 1. The molecule has 1 rings (SSSR count). The third kappa shape index (κ3) is 2.70. The number of esters is 1. The molecule has 1 aromatic heterocycles. The van der Waals surface area contributed by atoms with Crippen molar-refractivity contribution in [1.29, 1.82) is 0 Å². The van der Waals surface area contributed by atoms with Crippen molar-refractivity contribution in [2.75, 3.05) is 12.8 Å². The van der Waals surface area contributed by atoms with E-state index in [2.05, 4.69) is 14.7 Å². The molecule has 1 aromatic rings. The molecular formula is C9H11N3O6. The summed E-state index contributed by atoms with van der Waals surface area (Å²) in [6, 6.07) is 0. The number of rotatable bonds is 4. The lowest BCUT2D eigenvalue weighted by atomic mass is 10.1. The Morgan fingerprint density at radius 2 is 2.06 bits per heavy atom. The summed E-state index contributed by atoms with van der Waals surface area (Å²) in [5.74, 6) is -2.76. The van der Waals surface area contributed by atoms with Crippen LogP contribution in [0.5, 0.6) is 0 Å². The van der Waals surface area contributed by atoms with Gasteiger partial charge in [-0.25, -0.2) is 19.6 Å².